The summed E-state index contributed by atoms with van der Waals surface area (Å²) in [6, 6.07) is 1.59. The van der Waals surface area contributed by atoms with E-state index in [1.54, 1.807) is 0 Å². The van der Waals surface area contributed by atoms with Gasteiger partial charge in [-0.15, -0.1) is 0 Å². The van der Waals surface area contributed by atoms with Crippen molar-refractivity contribution in [1.82, 2.24) is 10.2 Å². The maximum atomic E-state index is 4.53. The highest BCUT2D eigenvalue weighted by Crippen LogP contribution is 2.30. The van der Waals surface area contributed by atoms with Crippen molar-refractivity contribution in [3.63, 3.8) is 0 Å². The van der Waals surface area contributed by atoms with E-state index in [9.17, 15) is 0 Å². The lowest BCUT2D eigenvalue weighted by atomic mass is 10.3. The van der Waals surface area contributed by atoms with Crippen LogP contribution in [-0.4, -0.2) is 47.5 Å². The van der Waals surface area contributed by atoms with E-state index < -0.39 is 0 Å². The van der Waals surface area contributed by atoms with Crippen LogP contribution in [0.4, 0.5) is 0 Å². The Balaban J connectivity index is 1.49. The molecule has 2 aliphatic heterocycles. The van der Waals surface area contributed by atoms with E-state index in [4.69, 9.17) is 0 Å². The molecular weight excluding hydrogens is 206 g/mol. The average molecular weight is 225 g/mol. The molecule has 1 aliphatic carbocycles. The van der Waals surface area contributed by atoms with Gasteiger partial charge in [-0.05, 0) is 25.7 Å². The van der Waals surface area contributed by atoms with Crippen LogP contribution in [0.15, 0.2) is 4.99 Å². The Labute approximate surface area is 95.7 Å². The highest BCUT2D eigenvalue weighted by Gasteiger charge is 2.34. The maximum Gasteiger partial charge on any atom is 0.156 e. The third-order valence-electron chi connectivity index (χ3n) is 3.41. The molecule has 0 spiro atoms. The Morgan fingerprint density at radius 3 is 3.00 bits per heavy atom. The fraction of sp³-hybridized carbons (Fsp3) is 0.909. The van der Waals surface area contributed by atoms with Crippen LogP contribution >= 0.6 is 11.8 Å². The number of amidine groups is 1. The van der Waals surface area contributed by atoms with Crippen molar-refractivity contribution in [3.8, 4) is 0 Å². The van der Waals surface area contributed by atoms with Crippen LogP contribution in [0.1, 0.15) is 25.7 Å². The number of likely N-dealkylation sites (tertiary alicyclic amines) is 1. The van der Waals surface area contributed by atoms with Crippen molar-refractivity contribution in [2.24, 2.45) is 4.99 Å². The number of hydrogen-bond acceptors (Lipinski definition) is 4. The number of aliphatic imine (C=N–C) groups is 1. The van der Waals surface area contributed by atoms with Gasteiger partial charge >= 0.3 is 0 Å². The van der Waals surface area contributed by atoms with Crippen LogP contribution in [0.3, 0.4) is 0 Å². The zero-order valence-corrected chi connectivity index (χ0v) is 9.93. The van der Waals surface area contributed by atoms with Crippen molar-refractivity contribution in [2.75, 3.05) is 25.4 Å². The molecule has 1 atom stereocenters. The minimum absolute atomic E-state index is 0.662. The molecule has 0 aromatic heterocycles. The van der Waals surface area contributed by atoms with Crippen LogP contribution in [-0.2, 0) is 0 Å². The molecule has 3 aliphatic rings. The first-order valence-electron chi connectivity index (χ1n) is 6.09. The van der Waals surface area contributed by atoms with Crippen LogP contribution in [0.25, 0.3) is 0 Å². The molecule has 2 heterocycles. The molecular formula is C11H19N3S. The Kier molecular flexibility index (Phi) is 2.88. The van der Waals surface area contributed by atoms with Gasteiger partial charge in [-0.25, -0.2) is 0 Å². The summed E-state index contributed by atoms with van der Waals surface area (Å²) >= 11 is 1.90. The van der Waals surface area contributed by atoms with Gasteiger partial charge in [0.05, 0.1) is 0 Å². The third-order valence-corrected chi connectivity index (χ3v) is 4.42. The van der Waals surface area contributed by atoms with Crippen LogP contribution < -0.4 is 5.32 Å². The first-order chi connectivity index (χ1) is 7.42. The molecule has 3 nitrogen and oxygen atoms in total. The van der Waals surface area contributed by atoms with E-state index in [-0.39, 0.29) is 0 Å². The lowest BCUT2D eigenvalue weighted by Gasteiger charge is -2.19. The average Bonchev–Trinajstić information content (AvgIpc) is 3.02. The van der Waals surface area contributed by atoms with Crippen molar-refractivity contribution in [1.29, 1.82) is 0 Å². The summed E-state index contributed by atoms with van der Waals surface area (Å²) in [4.78, 5) is 7.17. The SMILES string of the molecule is C1CN=C(NC2CCN(C3CC3)C2)SC1. The summed E-state index contributed by atoms with van der Waals surface area (Å²) in [6.07, 6.45) is 5.41. The quantitative estimate of drug-likeness (QED) is 0.768. The summed E-state index contributed by atoms with van der Waals surface area (Å²) in [5.41, 5.74) is 0. The summed E-state index contributed by atoms with van der Waals surface area (Å²) in [5, 5.41) is 4.80. The molecule has 0 aromatic carbocycles. The summed E-state index contributed by atoms with van der Waals surface area (Å²) in [7, 11) is 0. The van der Waals surface area contributed by atoms with E-state index in [2.05, 4.69) is 15.2 Å². The van der Waals surface area contributed by atoms with E-state index >= 15 is 0 Å². The molecule has 4 heteroatoms. The van der Waals surface area contributed by atoms with Crippen LogP contribution in [0.5, 0.6) is 0 Å². The fourth-order valence-electron chi connectivity index (χ4n) is 2.40. The molecule has 1 saturated heterocycles. The topological polar surface area (TPSA) is 27.6 Å². The van der Waals surface area contributed by atoms with Gasteiger partial charge in [-0.3, -0.25) is 9.89 Å². The predicted molar refractivity (Wildman–Crippen MR) is 65.5 cm³/mol. The molecule has 1 unspecified atom stereocenters. The molecule has 0 amide bonds. The first-order valence-corrected chi connectivity index (χ1v) is 7.08. The predicted octanol–water partition coefficient (Wildman–Crippen LogP) is 1.31. The number of hydrogen-bond donors (Lipinski definition) is 1. The standard InChI is InChI=1S/C11H19N3S/c1-5-12-11(15-7-1)13-9-4-6-14(8-9)10-2-3-10/h9-10H,1-8H2,(H,12,13). The monoisotopic (exact) mass is 225 g/mol. The second-order valence-corrected chi connectivity index (χ2v) is 5.83. The largest absolute Gasteiger partial charge is 0.361 e. The van der Waals surface area contributed by atoms with Gasteiger partial charge in [-0.1, -0.05) is 11.8 Å². The lowest BCUT2D eigenvalue weighted by molar-refractivity contribution is 0.322. The zero-order valence-electron chi connectivity index (χ0n) is 9.11. The molecule has 2 fully saturated rings. The number of thioether (sulfide) groups is 1. The Hall–Kier alpha value is -0.220. The smallest absolute Gasteiger partial charge is 0.156 e. The zero-order chi connectivity index (χ0) is 10.1. The first kappa shape index (κ1) is 9.97. The van der Waals surface area contributed by atoms with E-state index in [0.29, 0.717) is 6.04 Å². The Morgan fingerprint density at radius 1 is 1.33 bits per heavy atom. The third kappa shape index (κ3) is 2.48. The number of nitrogens with zero attached hydrogens (tertiary/aromatic N) is 2. The van der Waals surface area contributed by atoms with E-state index in [1.165, 1.54) is 49.7 Å². The number of nitrogens with one attached hydrogen (secondary N) is 1. The fourth-order valence-corrected chi connectivity index (χ4v) is 3.30. The van der Waals surface area contributed by atoms with E-state index in [0.717, 1.165) is 12.6 Å². The van der Waals surface area contributed by atoms with Crippen molar-refractivity contribution in [3.05, 3.63) is 0 Å². The summed E-state index contributed by atoms with van der Waals surface area (Å²) < 4.78 is 0. The summed E-state index contributed by atoms with van der Waals surface area (Å²) in [6.45, 7) is 3.55. The van der Waals surface area contributed by atoms with Gasteiger partial charge in [0.25, 0.3) is 0 Å². The molecule has 1 saturated carbocycles. The van der Waals surface area contributed by atoms with Crippen LogP contribution in [0, 0.1) is 0 Å². The molecule has 0 radical (unpaired) electrons. The van der Waals surface area contributed by atoms with Gasteiger partial charge in [0, 0.05) is 37.5 Å². The van der Waals surface area contributed by atoms with Crippen molar-refractivity contribution >= 4 is 16.9 Å². The Bertz CT molecular complexity index is 263. The molecule has 15 heavy (non-hydrogen) atoms. The van der Waals surface area contributed by atoms with E-state index in [1.807, 2.05) is 11.8 Å². The van der Waals surface area contributed by atoms with Crippen LogP contribution in [0.2, 0.25) is 0 Å². The van der Waals surface area contributed by atoms with Gasteiger partial charge in [0.2, 0.25) is 0 Å². The number of rotatable bonds is 2. The molecule has 1 N–H and O–H groups in total. The van der Waals surface area contributed by atoms with Crippen molar-refractivity contribution < 1.29 is 0 Å². The maximum absolute atomic E-state index is 4.53. The second kappa shape index (κ2) is 4.34. The van der Waals surface area contributed by atoms with Gasteiger partial charge in [-0.2, -0.15) is 0 Å². The molecule has 3 rings (SSSR count). The molecule has 0 aromatic rings. The lowest BCUT2D eigenvalue weighted by Crippen LogP contribution is -2.37. The normalized spacial score (nSPS) is 32.8. The highest BCUT2D eigenvalue weighted by molar-refractivity contribution is 8.13. The minimum Gasteiger partial charge on any atom is -0.361 e. The van der Waals surface area contributed by atoms with Gasteiger partial charge in [0.15, 0.2) is 5.17 Å². The molecule has 0 bridgehead atoms. The second-order valence-electron chi connectivity index (χ2n) is 4.74. The highest BCUT2D eigenvalue weighted by atomic mass is 32.2. The van der Waals surface area contributed by atoms with Crippen molar-refractivity contribution in [2.45, 2.75) is 37.8 Å². The van der Waals surface area contributed by atoms with Gasteiger partial charge in [0.1, 0.15) is 0 Å². The Morgan fingerprint density at radius 2 is 2.27 bits per heavy atom. The summed E-state index contributed by atoms with van der Waals surface area (Å²) in [5.74, 6) is 1.24. The molecule has 84 valence electrons. The minimum atomic E-state index is 0.662. The van der Waals surface area contributed by atoms with Gasteiger partial charge < -0.3 is 5.32 Å².